The van der Waals surface area contributed by atoms with Gasteiger partial charge in [-0.3, -0.25) is 5.84 Å². The van der Waals surface area contributed by atoms with Crippen LogP contribution in [0.3, 0.4) is 0 Å². The predicted molar refractivity (Wildman–Crippen MR) is 61.8 cm³/mol. The number of nitrogens with two attached hydrogens (primary N) is 1. The maximum atomic E-state index is 13.7. The van der Waals surface area contributed by atoms with E-state index in [1.165, 1.54) is 0 Å². The first kappa shape index (κ1) is 14.4. The van der Waals surface area contributed by atoms with E-state index in [1.54, 1.807) is 0 Å². The lowest BCUT2D eigenvalue weighted by molar-refractivity contribution is 0.431. The van der Waals surface area contributed by atoms with Crippen LogP contribution >= 0.6 is 0 Å². The van der Waals surface area contributed by atoms with Crippen molar-refractivity contribution in [1.29, 1.82) is 0 Å². The van der Waals surface area contributed by atoms with Crippen LogP contribution in [-0.4, -0.2) is 0 Å². The molecule has 7 heteroatoms. The molecule has 0 spiro atoms. The van der Waals surface area contributed by atoms with E-state index in [4.69, 9.17) is 5.84 Å². The highest BCUT2D eigenvalue weighted by Gasteiger charge is 2.24. The van der Waals surface area contributed by atoms with Gasteiger partial charge in [0.25, 0.3) is 0 Å². The van der Waals surface area contributed by atoms with Gasteiger partial charge < -0.3 is 0 Å². The first-order valence-corrected chi connectivity index (χ1v) is 5.50. The normalized spacial score (nSPS) is 12.5. The lowest BCUT2D eigenvalue weighted by Gasteiger charge is -2.18. The Kier molecular flexibility index (Phi) is 4.01. The van der Waals surface area contributed by atoms with E-state index in [-0.39, 0.29) is 5.56 Å². The van der Waals surface area contributed by atoms with Crippen LogP contribution in [0.2, 0.25) is 0 Å². The van der Waals surface area contributed by atoms with Crippen molar-refractivity contribution >= 4 is 0 Å². The standard InChI is InChI=1S/C13H9F5N2/c14-6-1-3-9(15)8(5-6)13(20-19)7-2-4-10(16)12(18)11(7)17/h1-5,13,20H,19H2. The molecule has 2 aromatic carbocycles. The van der Waals surface area contributed by atoms with Crippen LogP contribution in [0.4, 0.5) is 22.0 Å². The molecule has 20 heavy (non-hydrogen) atoms. The van der Waals surface area contributed by atoms with Gasteiger partial charge in [-0.25, -0.2) is 27.4 Å². The van der Waals surface area contributed by atoms with Crippen LogP contribution in [0.5, 0.6) is 0 Å². The van der Waals surface area contributed by atoms with E-state index in [9.17, 15) is 22.0 Å². The lowest BCUT2D eigenvalue weighted by Crippen LogP contribution is -2.30. The zero-order valence-corrected chi connectivity index (χ0v) is 9.93. The summed E-state index contributed by atoms with van der Waals surface area (Å²) in [5, 5.41) is 0. The van der Waals surface area contributed by atoms with Gasteiger partial charge in [0.2, 0.25) is 0 Å². The smallest absolute Gasteiger partial charge is 0.194 e. The quantitative estimate of drug-likeness (QED) is 0.394. The van der Waals surface area contributed by atoms with Gasteiger partial charge in [0.05, 0.1) is 6.04 Å². The number of halogens is 5. The molecule has 0 saturated heterocycles. The largest absolute Gasteiger partial charge is 0.271 e. The van der Waals surface area contributed by atoms with Crippen LogP contribution in [0.1, 0.15) is 17.2 Å². The van der Waals surface area contributed by atoms with Crippen LogP contribution < -0.4 is 11.3 Å². The molecule has 0 saturated carbocycles. The Balaban J connectivity index is 2.58. The Morgan fingerprint density at radius 1 is 0.800 bits per heavy atom. The maximum absolute atomic E-state index is 13.7. The molecule has 3 N–H and O–H groups in total. The highest BCUT2D eigenvalue weighted by molar-refractivity contribution is 5.34. The second-order valence-electron chi connectivity index (χ2n) is 4.03. The van der Waals surface area contributed by atoms with Crippen molar-refractivity contribution in [2.75, 3.05) is 0 Å². The molecule has 0 radical (unpaired) electrons. The van der Waals surface area contributed by atoms with Crippen molar-refractivity contribution in [3.8, 4) is 0 Å². The molecule has 0 aromatic heterocycles. The number of nitrogens with one attached hydrogen (secondary N) is 1. The summed E-state index contributed by atoms with van der Waals surface area (Å²) >= 11 is 0. The second-order valence-corrected chi connectivity index (χ2v) is 4.03. The maximum Gasteiger partial charge on any atom is 0.194 e. The third-order valence-corrected chi connectivity index (χ3v) is 2.81. The minimum atomic E-state index is -1.71. The minimum Gasteiger partial charge on any atom is -0.271 e. The summed E-state index contributed by atoms with van der Waals surface area (Å²) in [4.78, 5) is 0. The third kappa shape index (κ3) is 2.50. The summed E-state index contributed by atoms with van der Waals surface area (Å²) in [5.41, 5.74) is 1.30. The summed E-state index contributed by atoms with van der Waals surface area (Å²) < 4.78 is 66.6. The molecule has 0 aliphatic heterocycles. The topological polar surface area (TPSA) is 38.0 Å². The van der Waals surface area contributed by atoms with Crippen LogP contribution in [0.25, 0.3) is 0 Å². The number of rotatable bonds is 3. The van der Waals surface area contributed by atoms with E-state index in [0.29, 0.717) is 6.07 Å². The molecule has 0 amide bonds. The van der Waals surface area contributed by atoms with Crippen LogP contribution in [0.15, 0.2) is 30.3 Å². The number of hydrazine groups is 1. The Morgan fingerprint density at radius 3 is 2.10 bits per heavy atom. The molecule has 2 rings (SSSR count). The molecule has 1 atom stereocenters. The van der Waals surface area contributed by atoms with Gasteiger partial charge in [0.1, 0.15) is 11.6 Å². The molecule has 0 fully saturated rings. The van der Waals surface area contributed by atoms with Gasteiger partial charge in [-0.05, 0) is 24.3 Å². The third-order valence-electron chi connectivity index (χ3n) is 2.81. The van der Waals surface area contributed by atoms with Gasteiger partial charge in [-0.2, -0.15) is 0 Å². The molecule has 0 heterocycles. The second kappa shape index (κ2) is 5.56. The Hall–Kier alpha value is -1.99. The van der Waals surface area contributed by atoms with Gasteiger partial charge in [0.15, 0.2) is 17.5 Å². The van der Waals surface area contributed by atoms with Crippen molar-refractivity contribution in [3.05, 3.63) is 70.5 Å². The average Bonchev–Trinajstić information content (AvgIpc) is 2.43. The summed E-state index contributed by atoms with van der Waals surface area (Å²) in [7, 11) is 0. The minimum absolute atomic E-state index is 0.322. The van der Waals surface area contributed by atoms with Crippen molar-refractivity contribution in [2.45, 2.75) is 6.04 Å². The number of benzene rings is 2. The first-order chi connectivity index (χ1) is 9.45. The van der Waals surface area contributed by atoms with Crippen molar-refractivity contribution in [3.63, 3.8) is 0 Å². The van der Waals surface area contributed by atoms with Gasteiger partial charge in [-0.1, -0.05) is 6.07 Å². The van der Waals surface area contributed by atoms with E-state index in [2.05, 4.69) is 5.43 Å². The van der Waals surface area contributed by atoms with Crippen molar-refractivity contribution in [2.24, 2.45) is 5.84 Å². The van der Waals surface area contributed by atoms with E-state index in [1.807, 2.05) is 0 Å². The number of hydrogen-bond donors (Lipinski definition) is 2. The molecule has 0 aliphatic rings. The van der Waals surface area contributed by atoms with Crippen molar-refractivity contribution < 1.29 is 22.0 Å². The summed E-state index contributed by atoms with van der Waals surface area (Å²) in [5.74, 6) is -1.06. The Bertz CT molecular complexity index is 645. The van der Waals surface area contributed by atoms with Crippen molar-refractivity contribution in [1.82, 2.24) is 5.43 Å². The zero-order valence-electron chi connectivity index (χ0n) is 9.93. The fourth-order valence-electron chi connectivity index (χ4n) is 1.85. The monoisotopic (exact) mass is 288 g/mol. The van der Waals surface area contributed by atoms with E-state index in [0.717, 1.165) is 24.3 Å². The van der Waals surface area contributed by atoms with Gasteiger partial charge in [-0.15, -0.1) is 0 Å². The van der Waals surface area contributed by atoms with Crippen LogP contribution in [-0.2, 0) is 0 Å². The molecule has 2 aromatic rings. The zero-order chi connectivity index (χ0) is 14.9. The summed E-state index contributed by atoms with van der Waals surface area (Å²) in [6.07, 6.45) is 0. The Morgan fingerprint density at radius 2 is 1.45 bits per heavy atom. The molecular weight excluding hydrogens is 279 g/mol. The molecule has 0 aliphatic carbocycles. The SMILES string of the molecule is NNC(c1cc(F)ccc1F)c1ccc(F)c(F)c1F. The predicted octanol–water partition coefficient (Wildman–Crippen LogP) is 2.93. The highest BCUT2D eigenvalue weighted by atomic mass is 19.2. The Labute approximate surface area is 111 Å². The first-order valence-electron chi connectivity index (χ1n) is 5.50. The molecule has 2 nitrogen and oxygen atoms in total. The van der Waals surface area contributed by atoms with E-state index < -0.39 is 40.7 Å². The number of hydrogen-bond acceptors (Lipinski definition) is 2. The summed E-state index contributed by atoms with van der Waals surface area (Å²) in [6.45, 7) is 0. The molecule has 1 unspecified atom stereocenters. The average molecular weight is 288 g/mol. The van der Waals surface area contributed by atoms with Crippen LogP contribution in [0, 0.1) is 29.1 Å². The molecular formula is C13H9F5N2. The highest BCUT2D eigenvalue weighted by Crippen LogP contribution is 2.28. The van der Waals surface area contributed by atoms with Gasteiger partial charge in [0, 0.05) is 11.1 Å². The molecule has 106 valence electrons. The van der Waals surface area contributed by atoms with E-state index >= 15 is 0 Å². The molecule has 0 bridgehead atoms. The fourth-order valence-corrected chi connectivity index (χ4v) is 1.85. The van der Waals surface area contributed by atoms with Gasteiger partial charge >= 0.3 is 0 Å². The summed E-state index contributed by atoms with van der Waals surface area (Å²) in [6, 6.07) is 2.71. The fraction of sp³-hybridized carbons (Fsp3) is 0.0769. The lowest BCUT2D eigenvalue weighted by atomic mass is 9.98.